The molecule has 0 spiro atoms. The predicted octanol–water partition coefficient (Wildman–Crippen LogP) is 0.973. The van der Waals surface area contributed by atoms with E-state index in [2.05, 4.69) is 10.1 Å². The summed E-state index contributed by atoms with van der Waals surface area (Å²) in [5.41, 5.74) is 0.831. The van der Waals surface area contributed by atoms with Gasteiger partial charge in [-0.1, -0.05) is 0 Å². The fourth-order valence-electron chi connectivity index (χ4n) is 0.944. The summed E-state index contributed by atoms with van der Waals surface area (Å²) in [5, 5.41) is 12.9. The van der Waals surface area contributed by atoms with Crippen molar-refractivity contribution in [1.29, 1.82) is 0 Å². The Balaban J connectivity index is 2.45. The highest BCUT2D eigenvalue weighted by Gasteiger charge is 1.97. The topological polar surface area (TPSA) is 50.9 Å². The summed E-state index contributed by atoms with van der Waals surface area (Å²) in [6, 6.07) is 3.67. The molecule has 0 amide bonds. The van der Waals surface area contributed by atoms with Gasteiger partial charge < -0.3 is 5.11 Å². The van der Waals surface area contributed by atoms with Gasteiger partial charge in [-0.25, -0.2) is 4.68 Å². The maximum absolute atomic E-state index is 9.01. The van der Waals surface area contributed by atoms with Crippen LogP contribution < -0.4 is 0 Å². The molecule has 2 rings (SSSR count). The van der Waals surface area contributed by atoms with Gasteiger partial charge in [0.15, 0.2) is 5.75 Å². The van der Waals surface area contributed by atoms with Crippen molar-refractivity contribution < 1.29 is 5.11 Å². The van der Waals surface area contributed by atoms with Crippen LogP contribution in [0.3, 0.4) is 0 Å². The van der Waals surface area contributed by atoms with Crippen LogP contribution in [-0.4, -0.2) is 19.9 Å². The Bertz CT molecular complexity index is 369. The monoisotopic (exact) mass is 161 g/mol. The van der Waals surface area contributed by atoms with E-state index in [1.807, 2.05) is 12.1 Å². The van der Waals surface area contributed by atoms with E-state index >= 15 is 0 Å². The van der Waals surface area contributed by atoms with E-state index < -0.39 is 0 Å². The number of aromatic nitrogens is 3. The average molecular weight is 161 g/mol. The van der Waals surface area contributed by atoms with Gasteiger partial charge in [-0.3, -0.25) is 4.98 Å². The molecule has 0 aliphatic heterocycles. The van der Waals surface area contributed by atoms with Crippen molar-refractivity contribution in [3.8, 4) is 11.4 Å². The zero-order chi connectivity index (χ0) is 8.39. The fourth-order valence-corrected chi connectivity index (χ4v) is 0.944. The second-order valence-corrected chi connectivity index (χ2v) is 2.35. The van der Waals surface area contributed by atoms with Crippen LogP contribution in [0, 0.1) is 0 Å². The number of nitrogens with zero attached hydrogens (tertiary/aromatic N) is 3. The van der Waals surface area contributed by atoms with Crippen LogP contribution in [-0.2, 0) is 0 Å². The molecule has 0 bridgehead atoms. The number of rotatable bonds is 1. The third kappa shape index (κ3) is 1.14. The largest absolute Gasteiger partial charge is 0.505 e. The van der Waals surface area contributed by atoms with Gasteiger partial charge in [0.1, 0.15) is 0 Å². The van der Waals surface area contributed by atoms with Crippen LogP contribution >= 0.6 is 0 Å². The van der Waals surface area contributed by atoms with E-state index in [-0.39, 0.29) is 5.75 Å². The maximum Gasteiger partial charge on any atom is 0.153 e. The van der Waals surface area contributed by atoms with Gasteiger partial charge in [-0.2, -0.15) is 5.10 Å². The first-order valence-electron chi connectivity index (χ1n) is 3.50. The van der Waals surface area contributed by atoms with Gasteiger partial charge in [-0.15, -0.1) is 0 Å². The van der Waals surface area contributed by atoms with Gasteiger partial charge in [0.25, 0.3) is 0 Å². The third-order valence-electron chi connectivity index (χ3n) is 1.48. The SMILES string of the molecule is Oc1cnn(-c2cccnc2)c1. The second-order valence-electron chi connectivity index (χ2n) is 2.35. The van der Waals surface area contributed by atoms with Crippen LogP contribution in [0.2, 0.25) is 0 Å². The van der Waals surface area contributed by atoms with Crippen LogP contribution in [0.15, 0.2) is 36.9 Å². The molecule has 1 N–H and O–H groups in total. The van der Waals surface area contributed by atoms with E-state index in [0.717, 1.165) is 5.69 Å². The standard InChI is InChI=1S/C8H7N3O/c12-8-5-10-11(6-8)7-2-1-3-9-4-7/h1-6,12H. The zero-order valence-corrected chi connectivity index (χ0v) is 6.25. The predicted molar refractivity (Wildman–Crippen MR) is 43.0 cm³/mol. The second kappa shape index (κ2) is 2.65. The normalized spacial score (nSPS) is 10.0. The molecule has 4 heteroatoms. The van der Waals surface area contributed by atoms with Gasteiger partial charge in [-0.05, 0) is 12.1 Å². The third-order valence-corrected chi connectivity index (χ3v) is 1.48. The Morgan fingerprint density at radius 2 is 2.25 bits per heavy atom. The lowest BCUT2D eigenvalue weighted by Gasteiger charge is -1.96. The molecule has 0 aliphatic carbocycles. The molecular weight excluding hydrogens is 154 g/mol. The lowest BCUT2D eigenvalue weighted by atomic mass is 10.4. The van der Waals surface area contributed by atoms with Crippen molar-refractivity contribution in [3.05, 3.63) is 36.9 Å². The van der Waals surface area contributed by atoms with Gasteiger partial charge in [0.2, 0.25) is 0 Å². The Morgan fingerprint density at radius 3 is 2.83 bits per heavy atom. The van der Waals surface area contributed by atoms with Crippen LogP contribution in [0.1, 0.15) is 0 Å². The molecule has 0 saturated carbocycles. The summed E-state index contributed by atoms with van der Waals surface area (Å²) < 4.78 is 1.56. The number of hydrogen-bond acceptors (Lipinski definition) is 3. The quantitative estimate of drug-likeness (QED) is 0.678. The number of pyridine rings is 1. The highest BCUT2D eigenvalue weighted by Crippen LogP contribution is 2.09. The summed E-state index contributed by atoms with van der Waals surface area (Å²) in [4.78, 5) is 3.93. The van der Waals surface area contributed by atoms with E-state index in [4.69, 9.17) is 5.11 Å². The minimum Gasteiger partial charge on any atom is -0.505 e. The summed E-state index contributed by atoms with van der Waals surface area (Å²) >= 11 is 0. The van der Waals surface area contributed by atoms with E-state index in [1.54, 1.807) is 17.1 Å². The van der Waals surface area contributed by atoms with Crippen molar-refractivity contribution in [1.82, 2.24) is 14.8 Å². The molecular formula is C8H7N3O. The first-order valence-corrected chi connectivity index (χ1v) is 3.50. The molecule has 2 aromatic heterocycles. The lowest BCUT2D eigenvalue weighted by Crippen LogP contribution is -1.93. The van der Waals surface area contributed by atoms with Gasteiger partial charge in [0, 0.05) is 6.20 Å². The Morgan fingerprint density at radius 1 is 1.33 bits per heavy atom. The molecule has 60 valence electrons. The molecule has 0 aliphatic rings. The summed E-state index contributed by atoms with van der Waals surface area (Å²) in [5.74, 6) is 0.152. The lowest BCUT2D eigenvalue weighted by molar-refractivity contribution is 0.475. The summed E-state index contributed by atoms with van der Waals surface area (Å²) in [6.45, 7) is 0. The number of hydrogen-bond donors (Lipinski definition) is 1. The van der Waals surface area contributed by atoms with Gasteiger partial charge in [0.05, 0.1) is 24.3 Å². The minimum absolute atomic E-state index is 0.152. The molecule has 0 aromatic carbocycles. The molecule has 2 aromatic rings. The highest BCUT2D eigenvalue weighted by molar-refractivity contribution is 5.28. The van der Waals surface area contributed by atoms with Crippen molar-refractivity contribution >= 4 is 0 Å². The van der Waals surface area contributed by atoms with Crippen LogP contribution in [0.25, 0.3) is 5.69 Å². The van der Waals surface area contributed by atoms with Crippen molar-refractivity contribution in [3.63, 3.8) is 0 Å². The van der Waals surface area contributed by atoms with E-state index in [9.17, 15) is 0 Å². The molecule has 0 fully saturated rings. The summed E-state index contributed by atoms with van der Waals surface area (Å²) in [6.07, 6.45) is 6.27. The minimum atomic E-state index is 0.152. The van der Waals surface area contributed by atoms with Crippen LogP contribution in [0.5, 0.6) is 5.75 Å². The molecule has 4 nitrogen and oxygen atoms in total. The van der Waals surface area contributed by atoms with Crippen LogP contribution in [0.4, 0.5) is 0 Å². The molecule has 0 radical (unpaired) electrons. The molecule has 2 heterocycles. The fraction of sp³-hybridized carbons (Fsp3) is 0. The smallest absolute Gasteiger partial charge is 0.153 e. The number of aromatic hydroxyl groups is 1. The zero-order valence-electron chi connectivity index (χ0n) is 6.25. The molecule has 0 unspecified atom stereocenters. The molecule has 0 saturated heterocycles. The Kier molecular flexibility index (Phi) is 1.51. The van der Waals surface area contributed by atoms with Gasteiger partial charge >= 0.3 is 0 Å². The molecule has 0 atom stereocenters. The Hall–Kier alpha value is -1.84. The molecule has 12 heavy (non-hydrogen) atoms. The average Bonchev–Trinajstić information content (AvgIpc) is 2.54. The van der Waals surface area contributed by atoms with Crippen molar-refractivity contribution in [2.24, 2.45) is 0 Å². The maximum atomic E-state index is 9.01. The Labute approximate surface area is 69.1 Å². The highest BCUT2D eigenvalue weighted by atomic mass is 16.3. The van der Waals surface area contributed by atoms with Crippen molar-refractivity contribution in [2.75, 3.05) is 0 Å². The van der Waals surface area contributed by atoms with E-state index in [0.29, 0.717) is 0 Å². The summed E-state index contributed by atoms with van der Waals surface area (Å²) in [7, 11) is 0. The van der Waals surface area contributed by atoms with E-state index in [1.165, 1.54) is 12.4 Å². The first-order chi connectivity index (χ1) is 5.86. The van der Waals surface area contributed by atoms with Crippen molar-refractivity contribution in [2.45, 2.75) is 0 Å². The first kappa shape index (κ1) is 6.84.